The Balaban J connectivity index is 2.05. The number of hydrogen-bond acceptors (Lipinski definition) is 6. The molecule has 1 aromatic heterocycles. The Hall–Kier alpha value is -1.89. The van der Waals surface area contributed by atoms with Gasteiger partial charge >= 0.3 is 0 Å². The van der Waals surface area contributed by atoms with Gasteiger partial charge in [0.05, 0.1) is 6.54 Å². The van der Waals surface area contributed by atoms with Crippen molar-refractivity contribution in [3.63, 3.8) is 0 Å². The molecule has 0 aromatic carbocycles. The largest absolute Gasteiger partial charge is 0.377 e. The number of carbonyl (C=O) groups excluding carboxylic acids is 1. The molecule has 1 heterocycles. The molecule has 1 amide bonds. The second kappa shape index (κ2) is 7.21. The van der Waals surface area contributed by atoms with Gasteiger partial charge in [-0.3, -0.25) is 4.79 Å². The number of nitrogens with zero attached hydrogens (tertiary/aromatic N) is 3. The lowest BCUT2D eigenvalue weighted by Gasteiger charge is -2.19. The Morgan fingerprint density at radius 3 is 2.86 bits per heavy atom. The van der Waals surface area contributed by atoms with Gasteiger partial charge in [-0.05, 0) is 19.8 Å². The Kier molecular flexibility index (Phi) is 5.32. The van der Waals surface area contributed by atoms with E-state index in [-0.39, 0.29) is 12.5 Å². The van der Waals surface area contributed by atoms with Crippen LogP contribution in [-0.4, -0.2) is 49.2 Å². The minimum absolute atomic E-state index is 0.0249. The number of amides is 1. The number of nitrogens with one attached hydrogen (secondary N) is 2. The van der Waals surface area contributed by atoms with Crippen molar-refractivity contribution in [2.24, 2.45) is 0 Å². The lowest BCUT2D eigenvalue weighted by molar-refractivity contribution is -0.119. The van der Waals surface area contributed by atoms with E-state index in [1.165, 1.54) is 0 Å². The van der Waals surface area contributed by atoms with E-state index in [9.17, 15) is 4.79 Å². The molecule has 7 nitrogen and oxygen atoms in total. The van der Waals surface area contributed by atoms with Crippen molar-refractivity contribution >= 4 is 17.5 Å². The maximum atomic E-state index is 11.9. The number of carbonyl (C=O) groups is 1. The van der Waals surface area contributed by atoms with E-state index in [1.54, 1.807) is 7.11 Å². The van der Waals surface area contributed by atoms with Crippen LogP contribution < -0.4 is 15.5 Å². The SMILES string of the molecule is CCNc1cc(N(C)CC(=O)NC2CC2)nc(COC)n1. The summed E-state index contributed by atoms with van der Waals surface area (Å²) >= 11 is 0. The highest BCUT2D eigenvalue weighted by molar-refractivity contribution is 5.81. The quantitative estimate of drug-likeness (QED) is 0.737. The van der Waals surface area contributed by atoms with Gasteiger partial charge in [0.1, 0.15) is 18.2 Å². The number of hydrogen-bond donors (Lipinski definition) is 2. The van der Waals surface area contributed by atoms with Crippen molar-refractivity contribution in [2.45, 2.75) is 32.4 Å². The minimum Gasteiger partial charge on any atom is -0.377 e. The highest BCUT2D eigenvalue weighted by Crippen LogP contribution is 2.19. The van der Waals surface area contributed by atoms with E-state index in [4.69, 9.17) is 4.74 Å². The van der Waals surface area contributed by atoms with Crippen LogP contribution in [-0.2, 0) is 16.1 Å². The van der Waals surface area contributed by atoms with Gasteiger partial charge in [-0.15, -0.1) is 0 Å². The normalized spacial score (nSPS) is 13.9. The Bertz CT molecular complexity index is 466. The third-order valence-corrected chi connectivity index (χ3v) is 3.10. The Labute approximate surface area is 125 Å². The number of likely N-dealkylation sites (N-methyl/N-ethyl adjacent to an activating group) is 1. The van der Waals surface area contributed by atoms with Crippen LogP contribution in [0, 0.1) is 0 Å². The van der Waals surface area contributed by atoms with Crippen LogP contribution in [0.1, 0.15) is 25.6 Å². The van der Waals surface area contributed by atoms with Crippen molar-refractivity contribution in [3.05, 3.63) is 11.9 Å². The molecular weight excluding hydrogens is 270 g/mol. The summed E-state index contributed by atoms with van der Waals surface area (Å²) in [5, 5.41) is 6.13. The molecule has 0 atom stereocenters. The van der Waals surface area contributed by atoms with E-state index < -0.39 is 0 Å². The van der Waals surface area contributed by atoms with E-state index in [0.717, 1.165) is 25.2 Å². The molecule has 1 aliphatic carbocycles. The fourth-order valence-electron chi connectivity index (χ4n) is 1.94. The number of ether oxygens (including phenoxy) is 1. The zero-order valence-electron chi connectivity index (χ0n) is 12.8. The van der Waals surface area contributed by atoms with Crippen molar-refractivity contribution < 1.29 is 9.53 Å². The summed E-state index contributed by atoms with van der Waals surface area (Å²) in [4.78, 5) is 22.5. The smallest absolute Gasteiger partial charge is 0.239 e. The molecule has 0 aliphatic heterocycles. The van der Waals surface area contributed by atoms with Crippen LogP contribution in [0.3, 0.4) is 0 Å². The first-order chi connectivity index (χ1) is 10.1. The Morgan fingerprint density at radius 2 is 2.24 bits per heavy atom. The highest BCUT2D eigenvalue weighted by Gasteiger charge is 2.23. The first-order valence-corrected chi connectivity index (χ1v) is 7.23. The third kappa shape index (κ3) is 4.86. The van der Waals surface area contributed by atoms with Gasteiger partial charge in [-0.1, -0.05) is 0 Å². The zero-order valence-corrected chi connectivity index (χ0v) is 12.8. The molecule has 1 aromatic rings. The standard InChI is InChI=1S/C14H23N5O2/c1-4-15-11-7-13(18-12(17-11)9-21-3)19(2)8-14(20)16-10-5-6-10/h7,10H,4-6,8-9H2,1-3H3,(H,16,20)(H,15,17,18). The predicted octanol–water partition coefficient (Wildman–Crippen LogP) is 0.770. The molecule has 2 rings (SSSR count). The molecule has 21 heavy (non-hydrogen) atoms. The molecule has 1 fully saturated rings. The summed E-state index contributed by atoms with van der Waals surface area (Å²) in [7, 11) is 3.46. The van der Waals surface area contributed by atoms with Gasteiger partial charge < -0.3 is 20.3 Å². The first kappa shape index (κ1) is 15.5. The lowest BCUT2D eigenvalue weighted by atomic mass is 10.4. The maximum Gasteiger partial charge on any atom is 0.239 e. The summed E-state index contributed by atoms with van der Waals surface area (Å²) in [6.45, 7) is 3.40. The first-order valence-electron chi connectivity index (χ1n) is 7.23. The maximum absolute atomic E-state index is 11.9. The van der Waals surface area contributed by atoms with Crippen LogP contribution in [0.25, 0.3) is 0 Å². The van der Waals surface area contributed by atoms with Gasteiger partial charge in [0.25, 0.3) is 0 Å². The van der Waals surface area contributed by atoms with E-state index in [1.807, 2.05) is 24.9 Å². The molecule has 0 saturated heterocycles. The average Bonchev–Trinajstić information content (AvgIpc) is 3.23. The van der Waals surface area contributed by atoms with Crippen LogP contribution in [0.15, 0.2) is 6.07 Å². The monoisotopic (exact) mass is 293 g/mol. The third-order valence-electron chi connectivity index (χ3n) is 3.10. The summed E-state index contributed by atoms with van der Waals surface area (Å²) in [5.74, 6) is 2.07. The average molecular weight is 293 g/mol. The number of methoxy groups -OCH3 is 1. The molecule has 1 saturated carbocycles. The van der Waals surface area contributed by atoms with Gasteiger partial charge in [-0.25, -0.2) is 9.97 Å². The molecule has 7 heteroatoms. The van der Waals surface area contributed by atoms with Gasteiger partial charge in [0.2, 0.25) is 5.91 Å². The lowest BCUT2D eigenvalue weighted by Crippen LogP contribution is -2.36. The van der Waals surface area contributed by atoms with Gasteiger partial charge in [0.15, 0.2) is 5.82 Å². The van der Waals surface area contributed by atoms with Crippen LogP contribution in [0.2, 0.25) is 0 Å². The van der Waals surface area contributed by atoms with Crippen LogP contribution in [0.5, 0.6) is 0 Å². The molecule has 0 bridgehead atoms. The van der Waals surface area contributed by atoms with E-state index in [0.29, 0.717) is 24.3 Å². The number of rotatable bonds is 8. The second-order valence-electron chi connectivity index (χ2n) is 5.19. The second-order valence-corrected chi connectivity index (χ2v) is 5.19. The van der Waals surface area contributed by atoms with Crippen molar-refractivity contribution in [2.75, 3.05) is 37.5 Å². The summed E-state index contributed by atoms with van der Waals surface area (Å²) in [6, 6.07) is 2.21. The zero-order chi connectivity index (χ0) is 15.2. The van der Waals surface area contributed by atoms with Crippen molar-refractivity contribution in [1.29, 1.82) is 0 Å². The van der Waals surface area contributed by atoms with Crippen molar-refractivity contribution in [1.82, 2.24) is 15.3 Å². The van der Waals surface area contributed by atoms with E-state index in [2.05, 4.69) is 20.6 Å². The summed E-state index contributed by atoms with van der Waals surface area (Å²) < 4.78 is 5.09. The van der Waals surface area contributed by atoms with Crippen LogP contribution >= 0.6 is 0 Å². The van der Waals surface area contributed by atoms with E-state index >= 15 is 0 Å². The summed E-state index contributed by atoms with van der Waals surface area (Å²) in [5.41, 5.74) is 0. The van der Waals surface area contributed by atoms with Crippen molar-refractivity contribution in [3.8, 4) is 0 Å². The minimum atomic E-state index is 0.0249. The predicted molar refractivity (Wildman–Crippen MR) is 81.3 cm³/mol. The summed E-state index contributed by atoms with van der Waals surface area (Å²) in [6.07, 6.45) is 2.18. The topological polar surface area (TPSA) is 79.4 Å². The van der Waals surface area contributed by atoms with Gasteiger partial charge in [0, 0.05) is 32.8 Å². The molecule has 0 spiro atoms. The molecule has 116 valence electrons. The molecule has 2 N–H and O–H groups in total. The van der Waals surface area contributed by atoms with Crippen LogP contribution in [0.4, 0.5) is 11.6 Å². The molecule has 0 radical (unpaired) electrons. The number of aromatic nitrogens is 2. The highest BCUT2D eigenvalue weighted by atomic mass is 16.5. The molecule has 0 unspecified atom stereocenters. The molecule has 1 aliphatic rings. The number of anilines is 2. The Morgan fingerprint density at radius 1 is 1.48 bits per heavy atom. The fourth-order valence-corrected chi connectivity index (χ4v) is 1.94. The van der Waals surface area contributed by atoms with Gasteiger partial charge in [-0.2, -0.15) is 0 Å². The molecular formula is C14H23N5O2. The fraction of sp³-hybridized carbons (Fsp3) is 0.643.